The minimum Gasteiger partial charge on any atom is -0.417 e. The van der Waals surface area contributed by atoms with Crippen LogP contribution in [0.1, 0.15) is 70.8 Å². The summed E-state index contributed by atoms with van der Waals surface area (Å²) in [6, 6.07) is 1.21. The maximum Gasteiger partial charge on any atom is 0.388 e. The molecule has 7 rings (SSSR count). The summed E-state index contributed by atoms with van der Waals surface area (Å²) in [6.07, 6.45) is 11.6. The predicted molar refractivity (Wildman–Crippen MR) is 126 cm³/mol. The van der Waals surface area contributed by atoms with Gasteiger partial charge in [0.25, 0.3) is 5.91 Å². The van der Waals surface area contributed by atoms with E-state index in [4.69, 9.17) is 15.5 Å². The molecule has 2 bridgehead atoms. The SMILES string of the molecule is CN1C(=O)c2ccnc(OC(F)F)c2C2CC1c1nc3ncc(-c4cnc(C5(N)CCC5)nc4)cn3c12. The quantitative estimate of drug-likeness (QED) is 0.449. The Bertz CT molecular complexity index is 1570. The predicted octanol–water partition coefficient (Wildman–Crippen LogP) is 3.18. The summed E-state index contributed by atoms with van der Waals surface area (Å²) >= 11 is 0. The van der Waals surface area contributed by atoms with Gasteiger partial charge >= 0.3 is 6.61 Å². The van der Waals surface area contributed by atoms with Crippen LogP contribution in [0, 0.1) is 0 Å². The van der Waals surface area contributed by atoms with Crippen LogP contribution in [0.25, 0.3) is 16.9 Å². The molecule has 2 unspecified atom stereocenters. The van der Waals surface area contributed by atoms with Crippen LogP contribution in [-0.2, 0) is 5.54 Å². The number of ether oxygens (including phenoxy) is 1. The number of carbonyl (C=O) groups excluding carboxylic acids is 1. The Balaban J connectivity index is 1.37. The van der Waals surface area contributed by atoms with Gasteiger partial charge in [-0.25, -0.2) is 24.9 Å². The van der Waals surface area contributed by atoms with E-state index in [1.807, 2.05) is 10.6 Å². The molecule has 10 nitrogen and oxygen atoms in total. The average molecular weight is 505 g/mol. The first-order valence-electron chi connectivity index (χ1n) is 12.0. The number of amides is 1. The number of hydrogen-bond acceptors (Lipinski definition) is 8. The lowest BCUT2D eigenvalue weighted by atomic mass is 9.77. The van der Waals surface area contributed by atoms with Gasteiger partial charge in [0.1, 0.15) is 5.82 Å². The van der Waals surface area contributed by atoms with Crippen molar-refractivity contribution >= 4 is 11.7 Å². The molecule has 0 radical (unpaired) electrons. The van der Waals surface area contributed by atoms with Crippen LogP contribution in [0.4, 0.5) is 8.78 Å². The summed E-state index contributed by atoms with van der Waals surface area (Å²) in [5.41, 5.74) is 9.52. The van der Waals surface area contributed by atoms with Gasteiger partial charge in [-0.1, -0.05) is 0 Å². The van der Waals surface area contributed by atoms with Gasteiger partial charge in [-0.05, 0) is 31.7 Å². The summed E-state index contributed by atoms with van der Waals surface area (Å²) in [5.74, 6) is 0.103. The van der Waals surface area contributed by atoms with Crippen molar-refractivity contribution < 1.29 is 18.3 Å². The fraction of sp³-hybridized carbons (Fsp3) is 0.360. The van der Waals surface area contributed by atoms with Crippen LogP contribution >= 0.6 is 0 Å². The van der Waals surface area contributed by atoms with Gasteiger partial charge in [0, 0.05) is 60.6 Å². The monoisotopic (exact) mass is 504 g/mol. The van der Waals surface area contributed by atoms with Crippen molar-refractivity contribution in [2.75, 3.05) is 7.05 Å². The number of hydrogen-bond donors (Lipinski definition) is 1. The van der Waals surface area contributed by atoms with Crippen LogP contribution in [0.5, 0.6) is 5.88 Å². The Hall–Kier alpha value is -4.06. The van der Waals surface area contributed by atoms with E-state index in [0.29, 0.717) is 34.8 Å². The van der Waals surface area contributed by atoms with Crippen molar-refractivity contribution in [2.45, 2.75) is 49.8 Å². The molecule has 188 valence electrons. The number of halogens is 2. The van der Waals surface area contributed by atoms with E-state index in [1.165, 1.54) is 6.20 Å². The average Bonchev–Trinajstić information content (AvgIpc) is 3.40. The molecular weight excluding hydrogens is 482 g/mol. The second kappa shape index (κ2) is 7.72. The summed E-state index contributed by atoms with van der Waals surface area (Å²) in [7, 11) is 1.69. The molecule has 2 N–H and O–H groups in total. The Kier molecular flexibility index (Phi) is 4.62. The van der Waals surface area contributed by atoms with Crippen molar-refractivity contribution in [3.63, 3.8) is 0 Å². The molecule has 5 heterocycles. The Morgan fingerprint density at radius 3 is 2.59 bits per heavy atom. The van der Waals surface area contributed by atoms with E-state index in [-0.39, 0.29) is 17.8 Å². The maximum absolute atomic E-state index is 13.3. The second-order valence-electron chi connectivity index (χ2n) is 9.88. The van der Waals surface area contributed by atoms with Gasteiger partial charge in [0.2, 0.25) is 11.7 Å². The zero-order valence-electron chi connectivity index (χ0n) is 19.8. The van der Waals surface area contributed by atoms with Gasteiger partial charge in [-0.3, -0.25) is 9.20 Å². The standard InChI is InChI=1S/C25H22F2N8O2/c1-34-16-7-15(17-14(21(34)36)3-6-29-20(17)37-23(26)27)19-18(16)33-24-32-10-13(11-35(19)24)12-8-30-22(31-9-12)25(28)4-2-5-25/h3,6,8-11,15-16,23H,2,4-5,7,28H2,1H3. The van der Waals surface area contributed by atoms with Gasteiger partial charge in [0.15, 0.2) is 0 Å². The molecule has 1 fully saturated rings. The van der Waals surface area contributed by atoms with Crippen molar-refractivity contribution in [3.05, 3.63) is 65.4 Å². The third-order valence-electron chi connectivity index (χ3n) is 7.85. The number of pyridine rings is 1. The van der Waals surface area contributed by atoms with Crippen LogP contribution < -0.4 is 10.5 Å². The summed E-state index contributed by atoms with van der Waals surface area (Å²) in [5, 5.41) is 0. The van der Waals surface area contributed by atoms with E-state index in [2.05, 4.69) is 19.9 Å². The fourth-order valence-corrected chi connectivity index (χ4v) is 5.75. The van der Waals surface area contributed by atoms with Gasteiger partial charge in [0.05, 0.1) is 28.5 Å². The number of carbonyl (C=O) groups is 1. The third-order valence-corrected chi connectivity index (χ3v) is 7.85. The minimum absolute atomic E-state index is 0.248. The highest BCUT2D eigenvalue weighted by Gasteiger charge is 2.46. The molecule has 0 spiro atoms. The highest BCUT2D eigenvalue weighted by atomic mass is 19.3. The molecule has 1 aliphatic heterocycles. The van der Waals surface area contributed by atoms with Crippen molar-refractivity contribution in [3.8, 4) is 17.0 Å². The lowest BCUT2D eigenvalue weighted by Gasteiger charge is -2.36. The molecule has 4 aromatic rings. The van der Waals surface area contributed by atoms with E-state index in [1.54, 1.807) is 36.6 Å². The summed E-state index contributed by atoms with van der Waals surface area (Å²) < 4.78 is 33.1. The number of fused-ring (bicyclic) bond motifs is 9. The fourth-order valence-electron chi connectivity index (χ4n) is 5.75. The van der Waals surface area contributed by atoms with Gasteiger partial charge in [-0.2, -0.15) is 8.78 Å². The van der Waals surface area contributed by atoms with Gasteiger partial charge < -0.3 is 15.4 Å². The first-order valence-corrected chi connectivity index (χ1v) is 12.0. The molecule has 1 saturated carbocycles. The summed E-state index contributed by atoms with van der Waals surface area (Å²) in [6.45, 7) is -3.07. The lowest BCUT2D eigenvalue weighted by Crippen LogP contribution is -2.44. The molecule has 3 aliphatic rings. The first kappa shape index (κ1) is 22.2. The summed E-state index contributed by atoms with van der Waals surface area (Å²) in [4.78, 5) is 37.2. The Morgan fingerprint density at radius 1 is 1.14 bits per heavy atom. The normalized spacial score (nSPS) is 21.5. The zero-order chi connectivity index (χ0) is 25.5. The van der Waals surface area contributed by atoms with Crippen LogP contribution in [0.15, 0.2) is 37.1 Å². The van der Waals surface area contributed by atoms with Crippen molar-refractivity contribution in [1.29, 1.82) is 0 Å². The molecule has 0 saturated heterocycles. The highest BCUT2D eigenvalue weighted by Crippen LogP contribution is 2.52. The minimum atomic E-state index is -3.07. The molecular formula is C25H22F2N8O2. The molecule has 4 aromatic heterocycles. The molecule has 37 heavy (non-hydrogen) atoms. The number of alkyl halides is 2. The molecule has 1 amide bonds. The smallest absolute Gasteiger partial charge is 0.388 e. The molecule has 2 aliphatic carbocycles. The van der Waals surface area contributed by atoms with Crippen LogP contribution in [-0.4, -0.2) is 53.8 Å². The van der Waals surface area contributed by atoms with E-state index < -0.39 is 18.1 Å². The lowest BCUT2D eigenvalue weighted by molar-refractivity contribution is -0.0536. The number of imidazole rings is 1. The molecule has 2 atom stereocenters. The third kappa shape index (κ3) is 3.18. The number of nitrogens with two attached hydrogens (primary N) is 1. The van der Waals surface area contributed by atoms with Crippen molar-refractivity contribution in [2.24, 2.45) is 5.73 Å². The number of nitrogens with zero attached hydrogens (tertiary/aromatic N) is 7. The van der Waals surface area contributed by atoms with E-state index in [9.17, 15) is 13.6 Å². The van der Waals surface area contributed by atoms with E-state index >= 15 is 0 Å². The van der Waals surface area contributed by atoms with Crippen LogP contribution in [0.3, 0.4) is 0 Å². The molecule has 12 heteroatoms. The Labute approximate surface area is 209 Å². The largest absolute Gasteiger partial charge is 0.417 e. The van der Waals surface area contributed by atoms with Gasteiger partial charge in [-0.15, -0.1) is 0 Å². The number of rotatable bonds is 4. The van der Waals surface area contributed by atoms with Crippen LogP contribution in [0.2, 0.25) is 0 Å². The zero-order valence-corrected chi connectivity index (χ0v) is 19.8. The maximum atomic E-state index is 13.3. The number of aromatic nitrogens is 6. The van der Waals surface area contributed by atoms with Crippen molar-refractivity contribution in [1.82, 2.24) is 34.2 Å². The molecule has 0 aromatic carbocycles. The van der Waals surface area contributed by atoms with E-state index in [0.717, 1.165) is 36.1 Å². The Morgan fingerprint density at radius 2 is 1.89 bits per heavy atom. The first-order chi connectivity index (χ1) is 17.8. The highest BCUT2D eigenvalue weighted by molar-refractivity contribution is 5.97. The topological polar surface area (TPSA) is 124 Å². The second-order valence-corrected chi connectivity index (χ2v) is 9.88.